The van der Waals surface area contributed by atoms with Gasteiger partial charge in [0.25, 0.3) is 0 Å². The van der Waals surface area contributed by atoms with Gasteiger partial charge in [0, 0.05) is 5.56 Å². The molecule has 0 aliphatic rings. The molecule has 0 N–H and O–H groups in total. The fourth-order valence-electron chi connectivity index (χ4n) is 0.880. The predicted octanol–water partition coefficient (Wildman–Crippen LogP) is 4.60. The van der Waals surface area contributed by atoms with E-state index in [1.807, 2.05) is 19.9 Å². The molecule has 0 aliphatic carbocycles. The minimum atomic E-state index is 1.09. The molecule has 0 bridgehead atoms. The van der Waals surface area contributed by atoms with E-state index >= 15 is 0 Å². The first-order valence-electron chi connectivity index (χ1n) is 5.64. The lowest BCUT2D eigenvalue weighted by Crippen LogP contribution is -1.81. The van der Waals surface area contributed by atoms with Crippen LogP contribution in [-0.4, -0.2) is 0 Å². The third kappa shape index (κ3) is 7.68. The van der Waals surface area contributed by atoms with Gasteiger partial charge in [-0.15, -0.1) is 0 Å². The summed E-state index contributed by atoms with van der Waals surface area (Å²) in [5.74, 6) is 0. The van der Waals surface area contributed by atoms with Crippen LogP contribution in [0.25, 0.3) is 0 Å². The van der Waals surface area contributed by atoms with Crippen molar-refractivity contribution >= 4 is 0 Å². The molecule has 0 radical (unpaired) electrons. The smallest absolute Gasteiger partial charge is 0.00249 e. The molecule has 0 saturated carbocycles. The second-order valence-corrected chi connectivity index (χ2v) is 2.81. The van der Waals surface area contributed by atoms with Crippen molar-refractivity contribution in [3.05, 3.63) is 35.4 Å². The highest BCUT2D eigenvalue weighted by Gasteiger charge is 1.88. The maximum Gasteiger partial charge on any atom is 0.00249 e. The van der Waals surface area contributed by atoms with E-state index in [1.54, 1.807) is 0 Å². The van der Waals surface area contributed by atoms with Gasteiger partial charge in [-0.1, -0.05) is 53.2 Å². The molecule has 0 heteroatoms. The fourth-order valence-corrected chi connectivity index (χ4v) is 0.880. The lowest BCUT2D eigenvalue weighted by molar-refractivity contribution is 1.09. The number of hydrogen-bond donors (Lipinski definition) is 0. The predicted molar refractivity (Wildman–Crippen MR) is 65.5 cm³/mol. The van der Waals surface area contributed by atoms with Gasteiger partial charge >= 0.3 is 0 Å². The molecule has 0 amide bonds. The molecule has 0 saturated heterocycles. The average Bonchev–Trinajstić information content (AvgIpc) is 2.23. The van der Waals surface area contributed by atoms with Crippen molar-refractivity contribution in [2.24, 2.45) is 0 Å². The van der Waals surface area contributed by atoms with Gasteiger partial charge < -0.3 is 0 Å². The molecule has 0 aliphatic heterocycles. The first-order chi connectivity index (χ1) is 6.76. The number of hydrogen-bond acceptors (Lipinski definition) is 0. The van der Waals surface area contributed by atoms with Gasteiger partial charge in [0.2, 0.25) is 0 Å². The Balaban J connectivity index is 0. The molecule has 1 aromatic rings. The lowest BCUT2D eigenvalue weighted by atomic mass is 10.1. The van der Waals surface area contributed by atoms with Crippen LogP contribution in [0.3, 0.4) is 0 Å². The Kier molecular flexibility index (Phi) is 13.3. The SMILES string of the molecule is CC.CCC.CCc1ccc#cc1C. The third-order valence-electron chi connectivity index (χ3n) is 1.49. The summed E-state index contributed by atoms with van der Waals surface area (Å²) in [6.07, 6.45) is 2.34. The van der Waals surface area contributed by atoms with E-state index in [4.69, 9.17) is 0 Å². The van der Waals surface area contributed by atoms with Crippen molar-refractivity contribution in [1.82, 2.24) is 0 Å². The summed E-state index contributed by atoms with van der Waals surface area (Å²) < 4.78 is 0. The maximum absolute atomic E-state index is 3.03. The van der Waals surface area contributed by atoms with Crippen LogP contribution in [0.1, 0.15) is 52.2 Å². The quantitative estimate of drug-likeness (QED) is 0.610. The Morgan fingerprint density at radius 3 is 1.93 bits per heavy atom. The normalized spacial score (nSPS) is 7.29. The highest BCUT2D eigenvalue weighted by Crippen LogP contribution is 2.02. The van der Waals surface area contributed by atoms with Crippen molar-refractivity contribution in [3.63, 3.8) is 0 Å². The topological polar surface area (TPSA) is 0 Å². The van der Waals surface area contributed by atoms with Crippen LogP contribution in [0.4, 0.5) is 0 Å². The molecule has 0 heterocycles. The standard InChI is InChI=1S/C9H10.C3H8.C2H6/c1-3-9-7-5-4-6-8(9)2;1-3-2;1-2/h5,7H,3H2,1-2H3;3H2,1-2H3;1-2H3. The molecule has 1 rings (SSSR count). The summed E-state index contributed by atoms with van der Waals surface area (Å²) in [4.78, 5) is 0. The van der Waals surface area contributed by atoms with Crippen molar-refractivity contribution in [3.8, 4) is 0 Å². The van der Waals surface area contributed by atoms with Crippen molar-refractivity contribution in [2.45, 2.75) is 54.4 Å². The van der Waals surface area contributed by atoms with Gasteiger partial charge in [0.15, 0.2) is 0 Å². The molecule has 0 aromatic heterocycles. The van der Waals surface area contributed by atoms with E-state index in [9.17, 15) is 0 Å². The molecule has 14 heavy (non-hydrogen) atoms. The van der Waals surface area contributed by atoms with Crippen molar-refractivity contribution in [1.29, 1.82) is 0 Å². The van der Waals surface area contributed by atoms with Crippen molar-refractivity contribution < 1.29 is 0 Å². The molecule has 0 spiro atoms. The van der Waals surface area contributed by atoms with Gasteiger partial charge in [0.1, 0.15) is 0 Å². The molecule has 0 atom stereocenters. The second-order valence-electron chi connectivity index (χ2n) is 2.81. The van der Waals surface area contributed by atoms with E-state index in [1.165, 1.54) is 17.5 Å². The second kappa shape index (κ2) is 12.0. The zero-order valence-electron chi connectivity index (χ0n) is 10.6. The average molecular weight is 192 g/mol. The Bertz CT molecular complexity index is 201. The number of rotatable bonds is 1. The van der Waals surface area contributed by atoms with Gasteiger partial charge in [-0.05, 0) is 31.0 Å². The Labute approximate surface area is 90.4 Å². The van der Waals surface area contributed by atoms with Crippen LogP contribution in [0, 0.1) is 19.1 Å². The van der Waals surface area contributed by atoms with E-state index in [0.29, 0.717) is 0 Å². The molecular weight excluding hydrogens is 168 g/mol. The minimum absolute atomic E-state index is 1.09. The first-order valence-corrected chi connectivity index (χ1v) is 5.64. The van der Waals surface area contributed by atoms with Crippen molar-refractivity contribution in [2.75, 3.05) is 0 Å². The summed E-state index contributed by atoms with van der Waals surface area (Å²) in [5, 5.41) is 0. The molecule has 0 nitrogen and oxygen atoms in total. The summed E-state index contributed by atoms with van der Waals surface area (Å²) >= 11 is 0. The lowest BCUT2D eigenvalue weighted by Gasteiger charge is -1.94. The van der Waals surface area contributed by atoms with E-state index in [0.717, 1.165) is 6.42 Å². The Hall–Kier alpha value is -0.960. The molecular formula is C14H24. The van der Waals surface area contributed by atoms with Crippen LogP contribution in [0.2, 0.25) is 0 Å². The van der Waals surface area contributed by atoms with Gasteiger partial charge in [-0.3, -0.25) is 0 Å². The molecule has 80 valence electrons. The van der Waals surface area contributed by atoms with E-state index in [2.05, 4.69) is 45.9 Å². The molecule has 0 fully saturated rings. The van der Waals surface area contributed by atoms with Crippen LogP contribution in [0.15, 0.2) is 12.1 Å². The Morgan fingerprint density at radius 1 is 1.14 bits per heavy atom. The first kappa shape index (κ1) is 15.5. The third-order valence-corrected chi connectivity index (χ3v) is 1.49. The summed E-state index contributed by atoms with van der Waals surface area (Å²) in [6.45, 7) is 12.5. The Morgan fingerprint density at radius 2 is 1.64 bits per heavy atom. The summed E-state index contributed by atoms with van der Waals surface area (Å²) in [5.41, 5.74) is 2.59. The van der Waals surface area contributed by atoms with Gasteiger partial charge in [-0.2, -0.15) is 0 Å². The van der Waals surface area contributed by atoms with Gasteiger partial charge in [0.05, 0.1) is 0 Å². The zero-order valence-corrected chi connectivity index (χ0v) is 10.6. The highest BCUT2D eigenvalue weighted by molar-refractivity contribution is 5.20. The van der Waals surface area contributed by atoms with Crippen LogP contribution in [-0.2, 0) is 6.42 Å². The van der Waals surface area contributed by atoms with Crippen LogP contribution < -0.4 is 0 Å². The molecule has 0 unspecified atom stereocenters. The number of aryl methyl sites for hydroxylation is 1. The van der Waals surface area contributed by atoms with E-state index < -0.39 is 0 Å². The highest BCUT2D eigenvalue weighted by atomic mass is 13.9. The monoisotopic (exact) mass is 192 g/mol. The fraction of sp³-hybridized carbons (Fsp3) is 0.571. The van der Waals surface area contributed by atoms with E-state index in [-0.39, 0.29) is 0 Å². The van der Waals surface area contributed by atoms with Crippen LogP contribution in [0.5, 0.6) is 0 Å². The zero-order chi connectivity index (χ0) is 11.4. The van der Waals surface area contributed by atoms with Crippen LogP contribution >= 0.6 is 0 Å². The largest absolute Gasteiger partial charge is 0.0699 e. The summed E-state index contributed by atoms with van der Waals surface area (Å²) in [6, 6.07) is 9.93. The maximum atomic E-state index is 3.03. The van der Waals surface area contributed by atoms with Gasteiger partial charge in [-0.25, -0.2) is 0 Å². The summed E-state index contributed by atoms with van der Waals surface area (Å²) in [7, 11) is 0. The minimum Gasteiger partial charge on any atom is -0.0699 e. The molecule has 1 aromatic carbocycles.